The van der Waals surface area contributed by atoms with Gasteiger partial charge in [-0.2, -0.15) is 0 Å². The largest absolute Gasteiger partial charge is 0.490 e. The van der Waals surface area contributed by atoms with E-state index in [1.165, 1.54) is 18.2 Å². The molecule has 1 aliphatic rings. The molecule has 39 heavy (non-hydrogen) atoms. The highest BCUT2D eigenvalue weighted by Gasteiger charge is 2.26. The molecule has 3 aromatic carbocycles. The van der Waals surface area contributed by atoms with Crippen LogP contribution in [0.3, 0.4) is 0 Å². The smallest absolute Gasteiger partial charge is 0.336 e. The number of allylic oxidation sites excluding steroid dienone is 2. The number of esters is 1. The molecule has 0 spiro atoms. The van der Waals surface area contributed by atoms with Crippen LogP contribution in [0.5, 0.6) is 5.75 Å². The third-order valence-corrected chi connectivity index (χ3v) is 7.44. The molecule has 8 heteroatoms. The third-order valence-electron chi connectivity index (χ3n) is 6.51. The summed E-state index contributed by atoms with van der Waals surface area (Å²) < 4.78 is 42.1. The molecule has 0 saturated carbocycles. The number of ether oxygens (including phenoxy) is 2. The van der Waals surface area contributed by atoms with Gasteiger partial charge in [0.15, 0.2) is 0 Å². The molecule has 198 valence electrons. The summed E-state index contributed by atoms with van der Waals surface area (Å²) in [5, 5.41) is 0.771. The van der Waals surface area contributed by atoms with Crippen molar-refractivity contribution in [3.63, 3.8) is 0 Å². The lowest BCUT2D eigenvalue weighted by molar-refractivity contribution is -0.143. The zero-order chi connectivity index (χ0) is 27.5. The molecule has 1 atom stereocenters. The molecule has 0 amide bonds. The molecule has 1 aromatic heterocycles. The maximum Gasteiger partial charge on any atom is 0.336 e. The lowest BCUT2D eigenvalue weighted by Gasteiger charge is -2.09. The van der Waals surface area contributed by atoms with Crippen molar-refractivity contribution >= 4 is 45.0 Å². The van der Waals surface area contributed by atoms with Crippen LogP contribution in [-0.4, -0.2) is 29.6 Å². The summed E-state index contributed by atoms with van der Waals surface area (Å²) in [5.41, 5.74) is 4.83. The van der Waals surface area contributed by atoms with E-state index in [2.05, 4.69) is 0 Å². The normalized spacial score (nSPS) is 14.5. The predicted octanol–water partition coefficient (Wildman–Crippen LogP) is 6.01. The van der Waals surface area contributed by atoms with Crippen LogP contribution in [0.4, 0.5) is 4.39 Å². The van der Waals surface area contributed by atoms with Gasteiger partial charge < -0.3 is 13.9 Å². The maximum atomic E-state index is 14.2. The van der Waals surface area contributed by atoms with Gasteiger partial charge in [-0.3, -0.25) is 9.00 Å². The van der Waals surface area contributed by atoms with Crippen molar-refractivity contribution in [2.24, 2.45) is 0 Å². The lowest BCUT2D eigenvalue weighted by atomic mass is 10.0. The summed E-state index contributed by atoms with van der Waals surface area (Å²) in [6, 6.07) is 20.1. The predicted molar refractivity (Wildman–Crippen MR) is 149 cm³/mol. The first kappa shape index (κ1) is 26.3. The molecular weight excluding hydrogens is 519 g/mol. The number of hydrogen-bond acceptors (Lipinski definition) is 6. The Balaban J connectivity index is 1.27. The fourth-order valence-corrected chi connectivity index (χ4v) is 5.06. The molecule has 4 aromatic rings. The van der Waals surface area contributed by atoms with Gasteiger partial charge in [0.2, 0.25) is 0 Å². The molecule has 0 radical (unpaired) electrons. The second-order valence-electron chi connectivity index (χ2n) is 9.07. The summed E-state index contributed by atoms with van der Waals surface area (Å²) in [4.78, 5) is 24.9. The second-order valence-corrected chi connectivity index (χ2v) is 10.5. The van der Waals surface area contributed by atoms with E-state index < -0.39 is 22.4 Å². The molecule has 1 unspecified atom stereocenters. The van der Waals surface area contributed by atoms with Gasteiger partial charge in [-0.05, 0) is 88.9 Å². The third kappa shape index (κ3) is 5.91. The van der Waals surface area contributed by atoms with Gasteiger partial charge in [-0.25, -0.2) is 9.18 Å². The average Bonchev–Trinajstić information content (AvgIpc) is 3.16. The first-order valence-corrected chi connectivity index (χ1v) is 13.8. The minimum Gasteiger partial charge on any atom is -0.490 e. The van der Waals surface area contributed by atoms with E-state index in [9.17, 15) is 18.2 Å². The zero-order valence-corrected chi connectivity index (χ0v) is 22.2. The van der Waals surface area contributed by atoms with Crippen molar-refractivity contribution in [3.05, 3.63) is 111 Å². The van der Waals surface area contributed by atoms with E-state index in [-0.39, 0.29) is 25.5 Å². The number of benzene rings is 3. The number of rotatable bonds is 8. The first-order valence-electron chi connectivity index (χ1n) is 12.3. The summed E-state index contributed by atoms with van der Waals surface area (Å²) >= 11 is 0. The fraction of sp³-hybridized carbons (Fsp3) is 0.161. The molecule has 0 aliphatic heterocycles. The Kier molecular flexibility index (Phi) is 7.56. The van der Waals surface area contributed by atoms with Crippen molar-refractivity contribution < 1.29 is 27.3 Å². The Hall–Kier alpha value is -4.30. The van der Waals surface area contributed by atoms with Crippen LogP contribution in [0, 0.1) is 5.82 Å². The summed E-state index contributed by atoms with van der Waals surface area (Å²) in [7, 11) is -1.07. The zero-order valence-electron chi connectivity index (χ0n) is 21.4. The number of hydrogen-bond donors (Lipinski definition) is 0. The Morgan fingerprint density at radius 1 is 0.974 bits per heavy atom. The maximum absolute atomic E-state index is 14.2. The Bertz CT molecular complexity index is 1720. The van der Waals surface area contributed by atoms with Crippen LogP contribution >= 0.6 is 0 Å². The van der Waals surface area contributed by atoms with Gasteiger partial charge in [-0.1, -0.05) is 18.2 Å². The van der Waals surface area contributed by atoms with E-state index >= 15 is 0 Å². The van der Waals surface area contributed by atoms with Gasteiger partial charge in [-0.15, -0.1) is 0 Å². The highest BCUT2D eigenvalue weighted by molar-refractivity contribution is 7.84. The van der Waals surface area contributed by atoms with Gasteiger partial charge in [0, 0.05) is 39.5 Å². The molecule has 0 N–H and O–H groups in total. The van der Waals surface area contributed by atoms with Crippen LogP contribution in [0.15, 0.2) is 92.5 Å². The quantitative estimate of drug-likeness (QED) is 0.154. The molecule has 6 nitrogen and oxygen atoms in total. The minimum atomic E-state index is -1.07. The summed E-state index contributed by atoms with van der Waals surface area (Å²) in [5.74, 6) is -0.355. The van der Waals surface area contributed by atoms with Crippen molar-refractivity contribution in [1.29, 1.82) is 0 Å². The van der Waals surface area contributed by atoms with Gasteiger partial charge in [0.25, 0.3) is 0 Å². The topological polar surface area (TPSA) is 82.8 Å². The standard InChI is InChI=1S/C31H25FO6S/c1-19-26(15-20-3-9-24(10-4-20)39(2)35)25-11-7-22(32)16-28(25)27(19)18-31(34)37-14-13-36-23-8-5-21-6-12-30(33)38-29(21)17-23/h3-12,15-17H,13-14,18H2,1-2H3/b26-15-. The Morgan fingerprint density at radius 3 is 2.51 bits per heavy atom. The van der Waals surface area contributed by atoms with Gasteiger partial charge in [0.1, 0.15) is 30.4 Å². The lowest BCUT2D eigenvalue weighted by Crippen LogP contribution is -2.12. The van der Waals surface area contributed by atoms with E-state index in [1.54, 1.807) is 36.6 Å². The van der Waals surface area contributed by atoms with Crippen molar-refractivity contribution in [3.8, 4) is 5.75 Å². The summed E-state index contributed by atoms with van der Waals surface area (Å²) in [6.07, 6.45) is 3.59. The molecule has 1 heterocycles. The highest BCUT2D eigenvalue weighted by atomic mass is 32.2. The number of carbonyl (C=O) groups is 1. The van der Waals surface area contributed by atoms with Crippen molar-refractivity contribution in [2.45, 2.75) is 18.2 Å². The van der Waals surface area contributed by atoms with Crippen LogP contribution in [0.25, 0.3) is 28.2 Å². The SMILES string of the molecule is CC1=C(CC(=O)OCCOc2ccc3ccc(=O)oc3c2)c2cc(F)ccc2/C1=C\c1ccc(S(C)=O)cc1. The molecule has 1 aliphatic carbocycles. The first-order chi connectivity index (χ1) is 18.8. The molecular formula is C31H25FO6S. The molecule has 0 fully saturated rings. The van der Waals surface area contributed by atoms with E-state index in [0.29, 0.717) is 22.5 Å². The van der Waals surface area contributed by atoms with Crippen LogP contribution < -0.4 is 10.4 Å². The average molecular weight is 545 g/mol. The second kappa shape index (κ2) is 11.2. The van der Waals surface area contributed by atoms with Crippen LogP contribution in [0.1, 0.15) is 30.0 Å². The van der Waals surface area contributed by atoms with E-state index in [4.69, 9.17) is 13.9 Å². The molecule has 5 rings (SSSR count). The fourth-order valence-electron chi connectivity index (χ4n) is 4.54. The van der Waals surface area contributed by atoms with Crippen molar-refractivity contribution in [2.75, 3.05) is 19.5 Å². The van der Waals surface area contributed by atoms with Crippen LogP contribution in [-0.2, 0) is 20.3 Å². The van der Waals surface area contributed by atoms with E-state index in [1.807, 2.05) is 37.3 Å². The van der Waals surface area contributed by atoms with Gasteiger partial charge >= 0.3 is 11.6 Å². The van der Waals surface area contributed by atoms with E-state index in [0.717, 1.165) is 32.6 Å². The van der Waals surface area contributed by atoms with Crippen LogP contribution in [0.2, 0.25) is 0 Å². The summed E-state index contributed by atoms with van der Waals surface area (Å²) in [6.45, 7) is 2.04. The minimum absolute atomic E-state index is 0.0193. The molecule has 0 bridgehead atoms. The monoisotopic (exact) mass is 544 g/mol. The van der Waals surface area contributed by atoms with Gasteiger partial charge in [0.05, 0.1) is 6.42 Å². The molecule has 0 saturated heterocycles. The number of carbonyl (C=O) groups excluding carboxylic acids is 1. The highest BCUT2D eigenvalue weighted by Crippen LogP contribution is 2.44. The number of fused-ring (bicyclic) bond motifs is 2. The Morgan fingerprint density at radius 2 is 1.74 bits per heavy atom. The van der Waals surface area contributed by atoms with Crippen molar-refractivity contribution in [1.82, 2.24) is 0 Å². The number of halogens is 1. The Labute approximate surface area is 226 Å².